The summed E-state index contributed by atoms with van der Waals surface area (Å²) in [4.78, 5) is 0. The van der Waals surface area contributed by atoms with Crippen molar-refractivity contribution in [1.82, 2.24) is 0 Å². The van der Waals surface area contributed by atoms with Crippen LogP contribution in [-0.4, -0.2) is 16.3 Å². The average Bonchev–Trinajstić information content (AvgIpc) is 2.15. The Morgan fingerprint density at radius 3 is 2.13 bits per heavy atom. The molecule has 3 heteroatoms. The van der Waals surface area contributed by atoms with Crippen molar-refractivity contribution < 1.29 is 10.2 Å². The van der Waals surface area contributed by atoms with E-state index in [-0.39, 0.29) is 5.41 Å². The molecule has 1 aromatic rings. The maximum Gasteiger partial charge on any atom is 0.107 e. The van der Waals surface area contributed by atoms with Gasteiger partial charge in [0.15, 0.2) is 0 Å². The molecule has 0 saturated carbocycles. The maximum atomic E-state index is 9.97. The molecule has 1 rings (SSSR count). The van der Waals surface area contributed by atoms with Crippen LogP contribution in [0.4, 0.5) is 0 Å². The third-order valence-electron chi connectivity index (χ3n) is 2.41. The highest BCUT2D eigenvalue weighted by Gasteiger charge is 2.30. The van der Waals surface area contributed by atoms with E-state index >= 15 is 0 Å². The zero-order valence-corrected chi connectivity index (χ0v) is 9.99. The van der Waals surface area contributed by atoms with Gasteiger partial charge in [0.2, 0.25) is 0 Å². The monoisotopic (exact) mass is 228 g/mol. The van der Waals surface area contributed by atoms with Crippen molar-refractivity contribution in [2.75, 3.05) is 0 Å². The Morgan fingerprint density at radius 1 is 1.13 bits per heavy atom. The average molecular weight is 229 g/mol. The molecule has 0 radical (unpaired) electrons. The molecule has 0 bridgehead atoms. The van der Waals surface area contributed by atoms with Crippen LogP contribution in [0, 0.1) is 5.41 Å². The van der Waals surface area contributed by atoms with Crippen molar-refractivity contribution in [1.29, 1.82) is 0 Å². The Bertz CT molecular complexity index is 331. The molecule has 0 saturated heterocycles. The Kier molecular flexibility index (Phi) is 3.77. The van der Waals surface area contributed by atoms with E-state index in [1.165, 1.54) is 0 Å². The first-order valence-electron chi connectivity index (χ1n) is 4.94. The van der Waals surface area contributed by atoms with E-state index in [9.17, 15) is 10.2 Å². The largest absolute Gasteiger partial charge is 0.390 e. The van der Waals surface area contributed by atoms with Gasteiger partial charge in [-0.2, -0.15) is 0 Å². The SMILES string of the molecule is CC(C)(C)C(O)C(O)c1ccccc1Cl. The quantitative estimate of drug-likeness (QED) is 0.817. The van der Waals surface area contributed by atoms with E-state index in [1.807, 2.05) is 20.8 Å². The minimum Gasteiger partial charge on any atom is -0.390 e. The van der Waals surface area contributed by atoms with Gasteiger partial charge in [0.25, 0.3) is 0 Å². The van der Waals surface area contributed by atoms with Gasteiger partial charge in [-0.05, 0) is 11.5 Å². The minimum atomic E-state index is -0.946. The molecule has 2 unspecified atom stereocenters. The number of halogens is 1. The van der Waals surface area contributed by atoms with Crippen molar-refractivity contribution in [3.05, 3.63) is 34.9 Å². The lowest BCUT2D eigenvalue weighted by atomic mass is 9.83. The number of benzene rings is 1. The van der Waals surface area contributed by atoms with Gasteiger partial charge in [-0.15, -0.1) is 0 Å². The Morgan fingerprint density at radius 2 is 1.67 bits per heavy atom. The summed E-state index contributed by atoms with van der Waals surface area (Å²) in [5, 5.41) is 20.4. The number of hydrogen-bond acceptors (Lipinski definition) is 2. The second-order valence-electron chi connectivity index (χ2n) is 4.78. The molecule has 2 N–H and O–H groups in total. The summed E-state index contributed by atoms with van der Waals surface area (Å²) < 4.78 is 0. The van der Waals surface area contributed by atoms with Crippen molar-refractivity contribution >= 4 is 11.6 Å². The van der Waals surface area contributed by atoms with E-state index in [2.05, 4.69) is 0 Å². The highest BCUT2D eigenvalue weighted by Crippen LogP contribution is 2.32. The number of rotatable bonds is 2. The predicted octanol–water partition coefficient (Wildman–Crippen LogP) is 2.78. The van der Waals surface area contributed by atoms with Crippen LogP contribution in [0.25, 0.3) is 0 Å². The molecule has 2 nitrogen and oxygen atoms in total. The van der Waals surface area contributed by atoms with Crippen LogP contribution >= 0.6 is 11.6 Å². The third-order valence-corrected chi connectivity index (χ3v) is 2.75. The smallest absolute Gasteiger partial charge is 0.107 e. The van der Waals surface area contributed by atoms with E-state index in [0.717, 1.165) is 0 Å². The van der Waals surface area contributed by atoms with Crippen LogP contribution in [0.1, 0.15) is 32.4 Å². The molecule has 2 atom stereocenters. The summed E-state index contributed by atoms with van der Waals surface area (Å²) in [6.07, 6.45) is -1.78. The summed E-state index contributed by atoms with van der Waals surface area (Å²) >= 11 is 5.94. The maximum absolute atomic E-state index is 9.97. The standard InChI is InChI=1S/C12H17ClO2/c1-12(2,3)11(15)10(14)8-6-4-5-7-9(8)13/h4-7,10-11,14-15H,1-3H3. The van der Waals surface area contributed by atoms with E-state index < -0.39 is 12.2 Å². The fraction of sp³-hybridized carbons (Fsp3) is 0.500. The molecule has 84 valence electrons. The summed E-state index contributed by atoms with van der Waals surface area (Å²) in [6.45, 7) is 5.62. The lowest BCUT2D eigenvalue weighted by Crippen LogP contribution is -2.32. The zero-order valence-electron chi connectivity index (χ0n) is 9.24. The molecule has 0 amide bonds. The first-order chi connectivity index (χ1) is 6.84. The molecule has 15 heavy (non-hydrogen) atoms. The van der Waals surface area contributed by atoms with E-state index in [1.54, 1.807) is 24.3 Å². The summed E-state index contributed by atoms with van der Waals surface area (Å²) in [5.74, 6) is 0. The molecular weight excluding hydrogens is 212 g/mol. The van der Waals surface area contributed by atoms with Crippen LogP contribution in [0.5, 0.6) is 0 Å². The van der Waals surface area contributed by atoms with Crippen LogP contribution in [-0.2, 0) is 0 Å². The van der Waals surface area contributed by atoms with Crippen molar-refractivity contribution in [2.24, 2.45) is 5.41 Å². The van der Waals surface area contributed by atoms with Gasteiger partial charge >= 0.3 is 0 Å². The van der Waals surface area contributed by atoms with E-state index in [0.29, 0.717) is 10.6 Å². The Hall–Kier alpha value is -0.570. The molecule has 0 heterocycles. The minimum absolute atomic E-state index is 0.376. The summed E-state index contributed by atoms with van der Waals surface area (Å²) in [5.41, 5.74) is 0.195. The summed E-state index contributed by atoms with van der Waals surface area (Å²) in [6, 6.07) is 7.01. The molecule has 0 spiro atoms. The molecule has 0 fully saturated rings. The lowest BCUT2D eigenvalue weighted by molar-refractivity contribution is -0.0457. The van der Waals surface area contributed by atoms with Crippen molar-refractivity contribution in [3.8, 4) is 0 Å². The molecular formula is C12H17ClO2. The fourth-order valence-corrected chi connectivity index (χ4v) is 1.61. The zero-order chi connectivity index (χ0) is 11.6. The number of aliphatic hydroxyl groups is 2. The number of aliphatic hydroxyl groups excluding tert-OH is 2. The Labute approximate surface area is 95.5 Å². The lowest BCUT2D eigenvalue weighted by Gasteiger charge is -2.30. The van der Waals surface area contributed by atoms with Crippen LogP contribution in [0.3, 0.4) is 0 Å². The van der Waals surface area contributed by atoms with Crippen molar-refractivity contribution in [3.63, 3.8) is 0 Å². The van der Waals surface area contributed by atoms with Gasteiger partial charge in [-0.1, -0.05) is 50.6 Å². The molecule has 0 aliphatic carbocycles. The van der Waals surface area contributed by atoms with Gasteiger partial charge in [0.05, 0.1) is 6.10 Å². The molecule has 0 aromatic heterocycles. The highest BCUT2D eigenvalue weighted by molar-refractivity contribution is 6.31. The molecule has 0 aliphatic rings. The molecule has 1 aromatic carbocycles. The normalized spacial score (nSPS) is 16.1. The Balaban J connectivity index is 2.95. The van der Waals surface area contributed by atoms with Crippen LogP contribution in [0.15, 0.2) is 24.3 Å². The topological polar surface area (TPSA) is 40.5 Å². The highest BCUT2D eigenvalue weighted by atomic mass is 35.5. The third kappa shape index (κ3) is 2.94. The second-order valence-corrected chi connectivity index (χ2v) is 5.18. The van der Waals surface area contributed by atoms with Gasteiger partial charge in [-0.3, -0.25) is 0 Å². The van der Waals surface area contributed by atoms with Gasteiger partial charge < -0.3 is 10.2 Å². The van der Waals surface area contributed by atoms with Gasteiger partial charge in [0, 0.05) is 10.6 Å². The first-order valence-corrected chi connectivity index (χ1v) is 5.32. The van der Waals surface area contributed by atoms with Gasteiger partial charge in [-0.25, -0.2) is 0 Å². The van der Waals surface area contributed by atoms with Crippen molar-refractivity contribution in [2.45, 2.75) is 33.0 Å². The molecule has 0 aliphatic heterocycles. The second kappa shape index (κ2) is 4.52. The van der Waals surface area contributed by atoms with E-state index in [4.69, 9.17) is 11.6 Å². The van der Waals surface area contributed by atoms with Gasteiger partial charge in [0.1, 0.15) is 6.10 Å². The van der Waals surface area contributed by atoms with Crippen LogP contribution in [0.2, 0.25) is 5.02 Å². The summed E-state index contributed by atoms with van der Waals surface area (Å²) in [7, 11) is 0. The number of hydrogen-bond donors (Lipinski definition) is 2. The van der Waals surface area contributed by atoms with Crippen LogP contribution < -0.4 is 0 Å². The predicted molar refractivity (Wildman–Crippen MR) is 61.9 cm³/mol. The first kappa shape index (κ1) is 12.5. The fourth-order valence-electron chi connectivity index (χ4n) is 1.36.